The van der Waals surface area contributed by atoms with Gasteiger partial charge in [0.25, 0.3) is 0 Å². The predicted octanol–water partition coefficient (Wildman–Crippen LogP) is 3.27. The molecule has 2 nitrogen and oxygen atoms in total. The largest absolute Gasteiger partial charge is 0.434 e. The van der Waals surface area contributed by atoms with Gasteiger partial charge in [0.15, 0.2) is 5.78 Å². The van der Waals surface area contributed by atoms with E-state index >= 15 is 0 Å². The molecule has 1 aliphatic rings. The minimum absolute atomic E-state index is 0.0116. The lowest BCUT2D eigenvalue weighted by molar-refractivity contribution is -0.0502. The number of ketones is 1. The van der Waals surface area contributed by atoms with Crippen molar-refractivity contribution in [1.29, 1.82) is 0 Å². The zero-order valence-corrected chi connectivity index (χ0v) is 8.66. The van der Waals surface area contributed by atoms with Gasteiger partial charge in [-0.3, -0.25) is 4.79 Å². The summed E-state index contributed by atoms with van der Waals surface area (Å²) in [5.74, 6) is -0.112. The van der Waals surface area contributed by atoms with Crippen molar-refractivity contribution in [2.75, 3.05) is 0 Å². The lowest BCUT2D eigenvalue weighted by atomic mass is 9.80. The third-order valence-corrected chi connectivity index (χ3v) is 2.84. The van der Waals surface area contributed by atoms with Crippen LogP contribution in [0.4, 0.5) is 8.78 Å². The number of Topliss-reactive ketones (excluding diaryl/α,β-unsaturated/α-hetero) is 1. The molecular formula is C12H12F2O2. The summed E-state index contributed by atoms with van der Waals surface area (Å²) in [5, 5.41) is 0. The van der Waals surface area contributed by atoms with Gasteiger partial charge in [-0.05, 0) is 25.0 Å². The van der Waals surface area contributed by atoms with Crippen molar-refractivity contribution in [3.63, 3.8) is 0 Å². The molecule has 1 aliphatic carbocycles. The maximum Gasteiger partial charge on any atom is 0.387 e. The van der Waals surface area contributed by atoms with Crippen LogP contribution in [0.15, 0.2) is 24.3 Å². The summed E-state index contributed by atoms with van der Waals surface area (Å²) in [6.45, 7) is -2.89. The van der Waals surface area contributed by atoms with Gasteiger partial charge in [0.2, 0.25) is 0 Å². The van der Waals surface area contributed by atoms with Crippen molar-refractivity contribution >= 4 is 5.78 Å². The Bertz CT molecular complexity index is 386. The van der Waals surface area contributed by atoms with Gasteiger partial charge >= 0.3 is 6.61 Å². The highest BCUT2D eigenvalue weighted by atomic mass is 19.3. The van der Waals surface area contributed by atoms with Gasteiger partial charge in [-0.25, -0.2) is 0 Å². The van der Waals surface area contributed by atoms with Crippen LogP contribution >= 0.6 is 0 Å². The van der Waals surface area contributed by atoms with Crippen LogP contribution in [0, 0.1) is 5.92 Å². The fourth-order valence-corrected chi connectivity index (χ4v) is 1.76. The zero-order chi connectivity index (χ0) is 11.5. The monoisotopic (exact) mass is 226 g/mol. The Labute approximate surface area is 92.2 Å². The quantitative estimate of drug-likeness (QED) is 0.736. The molecule has 1 aromatic carbocycles. The summed E-state index contributed by atoms with van der Waals surface area (Å²) >= 11 is 0. The lowest BCUT2D eigenvalue weighted by Crippen LogP contribution is -2.22. The molecule has 0 heterocycles. The molecule has 0 radical (unpaired) electrons. The minimum atomic E-state index is -2.89. The molecule has 0 atom stereocenters. The van der Waals surface area contributed by atoms with E-state index in [-0.39, 0.29) is 23.0 Å². The average molecular weight is 226 g/mol. The van der Waals surface area contributed by atoms with E-state index in [9.17, 15) is 13.6 Å². The first kappa shape index (κ1) is 11.0. The van der Waals surface area contributed by atoms with E-state index in [1.165, 1.54) is 6.07 Å². The fraction of sp³-hybridized carbons (Fsp3) is 0.417. The van der Waals surface area contributed by atoms with E-state index in [1.54, 1.807) is 18.2 Å². The summed E-state index contributed by atoms with van der Waals surface area (Å²) in [6, 6.07) is 6.18. The SMILES string of the molecule is O=C(c1ccccc1OC(F)F)C1CCC1. The Kier molecular flexibility index (Phi) is 3.17. The molecule has 0 bridgehead atoms. The fourth-order valence-electron chi connectivity index (χ4n) is 1.76. The van der Waals surface area contributed by atoms with Crippen LogP contribution < -0.4 is 4.74 Å². The van der Waals surface area contributed by atoms with Crippen LogP contribution in [0.5, 0.6) is 5.75 Å². The standard InChI is InChI=1S/C12H12F2O2/c13-12(14)16-10-7-2-1-6-9(10)11(15)8-4-3-5-8/h1-2,6-8,12H,3-5H2. The second-order valence-electron chi connectivity index (χ2n) is 3.87. The second kappa shape index (κ2) is 4.60. The van der Waals surface area contributed by atoms with Crippen LogP contribution in [0.3, 0.4) is 0 Å². The maximum atomic E-state index is 12.1. The molecule has 0 aromatic heterocycles. The molecule has 16 heavy (non-hydrogen) atoms. The molecule has 1 saturated carbocycles. The Morgan fingerprint density at radius 2 is 2.00 bits per heavy atom. The van der Waals surface area contributed by atoms with E-state index in [4.69, 9.17) is 0 Å². The van der Waals surface area contributed by atoms with E-state index in [0.29, 0.717) is 0 Å². The van der Waals surface area contributed by atoms with E-state index < -0.39 is 6.61 Å². The molecule has 0 unspecified atom stereocenters. The molecule has 2 rings (SSSR count). The predicted molar refractivity (Wildman–Crippen MR) is 54.7 cm³/mol. The number of hydrogen-bond acceptors (Lipinski definition) is 2. The maximum absolute atomic E-state index is 12.1. The van der Waals surface area contributed by atoms with E-state index in [1.807, 2.05) is 0 Å². The number of rotatable bonds is 4. The van der Waals surface area contributed by atoms with Gasteiger partial charge < -0.3 is 4.74 Å². The molecule has 1 aromatic rings. The summed E-state index contributed by atoms with van der Waals surface area (Å²) in [4.78, 5) is 11.9. The summed E-state index contributed by atoms with van der Waals surface area (Å²) in [7, 11) is 0. The number of carbonyl (C=O) groups excluding carboxylic acids is 1. The van der Waals surface area contributed by atoms with Crippen LogP contribution in [-0.2, 0) is 0 Å². The van der Waals surface area contributed by atoms with E-state index in [0.717, 1.165) is 19.3 Å². The Balaban J connectivity index is 2.21. The first-order chi connectivity index (χ1) is 7.68. The number of hydrogen-bond donors (Lipinski definition) is 0. The second-order valence-corrected chi connectivity index (χ2v) is 3.87. The third-order valence-electron chi connectivity index (χ3n) is 2.84. The number of benzene rings is 1. The first-order valence-electron chi connectivity index (χ1n) is 5.26. The van der Waals surface area contributed by atoms with Gasteiger partial charge in [0.1, 0.15) is 5.75 Å². The average Bonchev–Trinajstić information content (AvgIpc) is 2.14. The van der Waals surface area contributed by atoms with Gasteiger partial charge in [0.05, 0.1) is 5.56 Å². The van der Waals surface area contributed by atoms with Crippen LogP contribution in [0.1, 0.15) is 29.6 Å². The third kappa shape index (κ3) is 2.21. The molecule has 0 amide bonds. The molecule has 0 saturated heterocycles. The smallest absolute Gasteiger partial charge is 0.387 e. The molecule has 0 spiro atoms. The summed E-state index contributed by atoms with van der Waals surface area (Å²) in [6.07, 6.45) is 2.73. The lowest BCUT2D eigenvalue weighted by Gasteiger charge is -2.24. The van der Waals surface area contributed by atoms with Crippen LogP contribution in [0.25, 0.3) is 0 Å². The molecule has 1 fully saturated rings. The highest BCUT2D eigenvalue weighted by Crippen LogP contribution is 2.32. The van der Waals surface area contributed by atoms with Gasteiger partial charge in [0, 0.05) is 5.92 Å². The summed E-state index contributed by atoms with van der Waals surface area (Å²) in [5.41, 5.74) is 0.271. The molecule has 0 aliphatic heterocycles. The number of para-hydroxylation sites is 1. The number of alkyl halides is 2. The van der Waals surface area contributed by atoms with Crippen molar-refractivity contribution < 1.29 is 18.3 Å². The normalized spacial score (nSPS) is 15.9. The number of carbonyl (C=O) groups is 1. The molecule has 4 heteroatoms. The van der Waals surface area contributed by atoms with Crippen LogP contribution in [0.2, 0.25) is 0 Å². The molecule has 86 valence electrons. The number of halogens is 2. The van der Waals surface area contributed by atoms with Crippen molar-refractivity contribution in [3.05, 3.63) is 29.8 Å². The molecular weight excluding hydrogens is 214 g/mol. The molecule has 0 N–H and O–H groups in total. The van der Waals surface area contributed by atoms with Crippen molar-refractivity contribution in [2.45, 2.75) is 25.9 Å². The van der Waals surface area contributed by atoms with Gasteiger partial charge in [-0.2, -0.15) is 8.78 Å². The van der Waals surface area contributed by atoms with Crippen molar-refractivity contribution in [3.8, 4) is 5.75 Å². The zero-order valence-electron chi connectivity index (χ0n) is 8.66. The highest BCUT2D eigenvalue weighted by Gasteiger charge is 2.28. The summed E-state index contributed by atoms with van der Waals surface area (Å²) < 4.78 is 28.6. The first-order valence-corrected chi connectivity index (χ1v) is 5.26. The number of ether oxygens (including phenoxy) is 1. The van der Waals surface area contributed by atoms with Crippen molar-refractivity contribution in [1.82, 2.24) is 0 Å². The Morgan fingerprint density at radius 1 is 1.31 bits per heavy atom. The van der Waals surface area contributed by atoms with Gasteiger partial charge in [-0.1, -0.05) is 18.6 Å². The Hall–Kier alpha value is -1.45. The minimum Gasteiger partial charge on any atom is -0.434 e. The van der Waals surface area contributed by atoms with E-state index in [2.05, 4.69) is 4.74 Å². The highest BCUT2D eigenvalue weighted by molar-refractivity contribution is 6.00. The Morgan fingerprint density at radius 3 is 2.56 bits per heavy atom. The topological polar surface area (TPSA) is 26.3 Å². The van der Waals surface area contributed by atoms with Crippen LogP contribution in [-0.4, -0.2) is 12.4 Å². The van der Waals surface area contributed by atoms with Gasteiger partial charge in [-0.15, -0.1) is 0 Å². The van der Waals surface area contributed by atoms with Crippen molar-refractivity contribution in [2.24, 2.45) is 5.92 Å².